The van der Waals surface area contributed by atoms with Crippen LogP contribution in [0.15, 0.2) is 24.4 Å². The molecule has 19 heavy (non-hydrogen) atoms. The van der Waals surface area contributed by atoms with Gasteiger partial charge in [-0.05, 0) is 18.2 Å². The fraction of sp³-hybridized carbons (Fsp3) is 0.231. The molecule has 1 aromatic carbocycles. The number of hydrogen-bond acceptors (Lipinski definition) is 4. The number of aryl methyl sites for hydroxylation is 1. The summed E-state index contributed by atoms with van der Waals surface area (Å²) in [7, 11) is 1.75. The third-order valence-electron chi connectivity index (χ3n) is 2.29. The molecule has 0 radical (unpaired) electrons. The first-order chi connectivity index (χ1) is 9.19. The molecule has 1 heterocycles. The average molecular weight is 260 g/mol. The third kappa shape index (κ3) is 3.53. The molecule has 98 valence electrons. The zero-order valence-electron chi connectivity index (χ0n) is 10.4. The Hall–Kier alpha value is -2.39. The van der Waals surface area contributed by atoms with E-state index in [9.17, 15) is 4.39 Å². The van der Waals surface area contributed by atoms with Gasteiger partial charge >= 0.3 is 0 Å². The van der Waals surface area contributed by atoms with E-state index in [2.05, 4.69) is 22.2 Å². The van der Waals surface area contributed by atoms with Gasteiger partial charge in [0.1, 0.15) is 12.3 Å². The molecule has 0 aliphatic rings. The van der Waals surface area contributed by atoms with E-state index in [0.29, 0.717) is 11.3 Å². The summed E-state index contributed by atoms with van der Waals surface area (Å²) in [5, 5.41) is 7.62. The SMILES string of the molecule is Cn1cc(COc2cc(C#CCN)ccc2F)nn1. The molecular formula is C13H13FN4O. The average Bonchev–Trinajstić information content (AvgIpc) is 2.82. The van der Waals surface area contributed by atoms with Crippen LogP contribution < -0.4 is 10.5 Å². The largest absolute Gasteiger partial charge is 0.484 e. The predicted molar refractivity (Wildman–Crippen MR) is 67.7 cm³/mol. The van der Waals surface area contributed by atoms with Gasteiger partial charge in [0.2, 0.25) is 0 Å². The van der Waals surface area contributed by atoms with Crippen LogP contribution >= 0.6 is 0 Å². The lowest BCUT2D eigenvalue weighted by atomic mass is 10.2. The van der Waals surface area contributed by atoms with Crippen molar-refractivity contribution in [3.63, 3.8) is 0 Å². The van der Waals surface area contributed by atoms with Crippen LogP contribution in [-0.2, 0) is 13.7 Å². The minimum Gasteiger partial charge on any atom is -0.484 e. The maximum atomic E-state index is 13.6. The van der Waals surface area contributed by atoms with Crippen molar-refractivity contribution in [2.24, 2.45) is 12.8 Å². The minimum absolute atomic E-state index is 0.134. The Morgan fingerprint density at radius 3 is 3.00 bits per heavy atom. The van der Waals surface area contributed by atoms with Gasteiger partial charge in [0.05, 0.1) is 12.7 Å². The van der Waals surface area contributed by atoms with E-state index in [1.807, 2.05) is 0 Å². The number of aromatic nitrogens is 3. The first-order valence-corrected chi connectivity index (χ1v) is 5.65. The second-order valence-corrected chi connectivity index (χ2v) is 3.82. The van der Waals surface area contributed by atoms with Crippen molar-refractivity contribution in [1.29, 1.82) is 0 Å². The molecule has 6 heteroatoms. The van der Waals surface area contributed by atoms with E-state index >= 15 is 0 Å². The van der Waals surface area contributed by atoms with Crippen LogP contribution in [0, 0.1) is 17.7 Å². The van der Waals surface area contributed by atoms with E-state index in [1.165, 1.54) is 12.1 Å². The van der Waals surface area contributed by atoms with Gasteiger partial charge in [0, 0.05) is 12.6 Å². The maximum Gasteiger partial charge on any atom is 0.165 e. The van der Waals surface area contributed by atoms with Crippen LogP contribution in [0.2, 0.25) is 0 Å². The molecule has 2 aromatic rings. The zero-order valence-corrected chi connectivity index (χ0v) is 10.4. The van der Waals surface area contributed by atoms with E-state index in [4.69, 9.17) is 10.5 Å². The first-order valence-electron chi connectivity index (χ1n) is 5.65. The van der Waals surface area contributed by atoms with Gasteiger partial charge in [-0.2, -0.15) is 0 Å². The summed E-state index contributed by atoms with van der Waals surface area (Å²) < 4.78 is 20.5. The summed E-state index contributed by atoms with van der Waals surface area (Å²) in [6, 6.07) is 4.42. The molecule has 0 saturated heterocycles. The number of nitrogens with zero attached hydrogens (tertiary/aromatic N) is 3. The van der Waals surface area contributed by atoms with Gasteiger partial charge in [-0.3, -0.25) is 4.68 Å². The quantitative estimate of drug-likeness (QED) is 0.831. The summed E-state index contributed by atoms with van der Waals surface area (Å²) in [4.78, 5) is 0. The van der Waals surface area contributed by atoms with Crippen LogP contribution in [0.25, 0.3) is 0 Å². The van der Waals surface area contributed by atoms with E-state index in [1.54, 1.807) is 24.0 Å². The first kappa shape index (κ1) is 13.1. The van der Waals surface area contributed by atoms with Crippen LogP contribution in [0.3, 0.4) is 0 Å². The third-order valence-corrected chi connectivity index (χ3v) is 2.29. The molecule has 0 aliphatic heterocycles. The highest BCUT2D eigenvalue weighted by Crippen LogP contribution is 2.19. The number of ether oxygens (including phenoxy) is 1. The topological polar surface area (TPSA) is 66.0 Å². The van der Waals surface area contributed by atoms with Gasteiger partial charge in [-0.1, -0.05) is 17.1 Å². The highest BCUT2D eigenvalue weighted by atomic mass is 19.1. The summed E-state index contributed by atoms with van der Waals surface area (Å²) in [5.41, 5.74) is 6.56. The molecule has 0 amide bonds. The molecule has 5 nitrogen and oxygen atoms in total. The van der Waals surface area contributed by atoms with Gasteiger partial charge in [0.25, 0.3) is 0 Å². The maximum absolute atomic E-state index is 13.6. The number of halogens is 1. The van der Waals surface area contributed by atoms with Crippen molar-refractivity contribution in [2.75, 3.05) is 6.54 Å². The second-order valence-electron chi connectivity index (χ2n) is 3.82. The van der Waals surface area contributed by atoms with Crippen molar-refractivity contribution in [2.45, 2.75) is 6.61 Å². The molecule has 0 fully saturated rings. The van der Waals surface area contributed by atoms with Crippen molar-refractivity contribution >= 4 is 0 Å². The normalized spacial score (nSPS) is 9.84. The lowest BCUT2D eigenvalue weighted by molar-refractivity contribution is 0.285. The summed E-state index contributed by atoms with van der Waals surface area (Å²) in [6.45, 7) is 0.408. The summed E-state index contributed by atoms with van der Waals surface area (Å²) in [6.07, 6.45) is 1.70. The summed E-state index contributed by atoms with van der Waals surface area (Å²) in [5.74, 6) is 5.21. The van der Waals surface area contributed by atoms with E-state index < -0.39 is 5.82 Å². The fourth-order valence-corrected chi connectivity index (χ4v) is 1.46. The Morgan fingerprint density at radius 1 is 1.47 bits per heavy atom. The molecule has 0 saturated carbocycles. The van der Waals surface area contributed by atoms with E-state index in [0.717, 1.165) is 0 Å². The molecule has 0 spiro atoms. The molecule has 1 aromatic heterocycles. The Bertz CT molecular complexity index is 627. The molecular weight excluding hydrogens is 247 g/mol. The molecule has 0 unspecified atom stereocenters. The fourth-order valence-electron chi connectivity index (χ4n) is 1.46. The zero-order chi connectivity index (χ0) is 13.7. The van der Waals surface area contributed by atoms with Gasteiger partial charge in [-0.25, -0.2) is 4.39 Å². The van der Waals surface area contributed by atoms with Crippen LogP contribution in [0.4, 0.5) is 4.39 Å². The number of hydrogen-bond donors (Lipinski definition) is 1. The highest BCUT2D eigenvalue weighted by molar-refractivity contribution is 5.40. The second kappa shape index (κ2) is 5.98. The van der Waals surface area contributed by atoms with Gasteiger partial charge in [0.15, 0.2) is 11.6 Å². The van der Waals surface area contributed by atoms with Crippen LogP contribution in [0.1, 0.15) is 11.3 Å². The summed E-state index contributed by atoms with van der Waals surface area (Å²) >= 11 is 0. The van der Waals surface area contributed by atoms with E-state index in [-0.39, 0.29) is 18.9 Å². The van der Waals surface area contributed by atoms with Crippen LogP contribution in [0.5, 0.6) is 5.75 Å². The van der Waals surface area contributed by atoms with Crippen molar-refractivity contribution in [1.82, 2.24) is 15.0 Å². The molecule has 0 atom stereocenters. The molecule has 2 rings (SSSR count). The Kier molecular flexibility index (Phi) is 4.11. The molecule has 2 N–H and O–H groups in total. The number of rotatable bonds is 3. The van der Waals surface area contributed by atoms with Gasteiger partial charge in [-0.15, -0.1) is 5.10 Å². The highest BCUT2D eigenvalue weighted by Gasteiger charge is 2.06. The monoisotopic (exact) mass is 260 g/mol. The van der Waals surface area contributed by atoms with Crippen molar-refractivity contribution in [3.05, 3.63) is 41.5 Å². The molecule has 0 bridgehead atoms. The minimum atomic E-state index is -0.442. The smallest absolute Gasteiger partial charge is 0.165 e. The standard InChI is InChI=1S/C13H13FN4O/c1-18-8-11(16-17-18)9-19-13-7-10(3-2-6-15)4-5-12(13)14/h4-5,7-8H,6,9,15H2,1H3. The van der Waals surface area contributed by atoms with Crippen molar-refractivity contribution < 1.29 is 9.13 Å². The lowest BCUT2D eigenvalue weighted by Crippen LogP contribution is -1.98. The Balaban J connectivity index is 2.10. The number of nitrogens with two attached hydrogens (primary N) is 1. The van der Waals surface area contributed by atoms with Crippen molar-refractivity contribution in [3.8, 4) is 17.6 Å². The van der Waals surface area contributed by atoms with Crippen LogP contribution in [-0.4, -0.2) is 21.5 Å². The predicted octanol–water partition coefficient (Wildman–Crippen LogP) is 0.843. The molecule has 0 aliphatic carbocycles. The lowest BCUT2D eigenvalue weighted by Gasteiger charge is -2.05. The Morgan fingerprint density at radius 2 is 2.32 bits per heavy atom. The number of benzene rings is 1. The van der Waals surface area contributed by atoms with Gasteiger partial charge < -0.3 is 10.5 Å². The Labute approximate surface area is 110 Å².